The molecule has 7 nitrogen and oxygen atoms in total. The van der Waals surface area contributed by atoms with Crippen LogP contribution >= 0.6 is 11.6 Å². The highest BCUT2D eigenvalue weighted by molar-refractivity contribution is 6.30. The minimum absolute atomic E-state index is 0.0595. The predicted octanol–water partition coefficient (Wildman–Crippen LogP) is 4.80. The summed E-state index contributed by atoms with van der Waals surface area (Å²) in [6.45, 7) is 6.54. The van der Waals surface area contributed by atoms with E-state index >= 15 is 0 Å². The molecule has 8 heteroatoms. The second-order valence-electron chi connectivity index (χ2n) is 9.18. The normalized spacial score (nSPS) is 18.5. The van der Waals surface area contributed by atoms with Crippen LogP contribution in [0, 0.1) is 12.8 Å². The van der Waals surface area contributed by atoms with Gasteiger partial charge in [-0.25, -0.2) is 9.97 Å². The molecule has 3 heterocycles. The molecule has 2 aliphatic rings. The Balaban J connectivity index is 1.23. The van der Waals surface area contributed by atoms with Gasteiger partial charge in [-0.15, -0.1) is 0 Å². The van der Waals surface area contributed by atoms with Crippen molar-refractivity contribution in [2.24, 2.45) is 5.92 Å². The lowest BCUT2D eigenvalue weighted by atomic mass is 9.96. The zero-order valence-electron chi connectivity index (χ0n) is 19.9. The minimum atomic E-state index is -0.0595. The fourth-order valence-electron chi connectivity index (χ4n) is 4.81. The average molecular weight is 492 g/mol. The summed E-state index contributed by atoms with van der Waals surface area (Å²) in [5, 5.41) is 0.734. The van der Waals surface area contributed by atoms with E-state index in [2.05, 4.69) is 25.8 Å². The molecule has 0 aliphatic carbocycles. The number of nitrogens with zero attached hydrogens (tertiary/aromatic N) is 5. The summed E-state index contributed by atoms with van der Waals surface area (Å²) < 4.78 is 6.07. The van der Waals surface area contributed by atoms with E-state index in [-0.39, 0.29) is 11.8 Å². The Kier molecular flexibility index (Phi) is 7.04. The molecule has 5 rings (SSSR count). The summed E-state index contributed by atoms with van der Waals surface area (Å²) in [5.74, 6) is 2.05. The number of aromatic nitrogens is 2. The number of aryl methyl sites for hydroxylation is 1. The molecule has 0 spiro atoms. The molecule has 1 amide bonds. The Hall–Kier alpha value is -3.32. The lowest BCUT2D eigenvalue weighted by Crippen LogP contribution is -2.52. The van der Waals surface area contributed by atoms with Crippen molar-refractivity contribution >= 4 is 29.0 Å². The largest absolute Gasteiger partial charge is 0.436 e. The molecule has 0 saturated carbocycles. The molecule has 182 valence electrons. The lowest BCUT2D eigenvalue weighted by molar-refractivity contribution is -0.136. The molecule has 2 aliphatic heterocycles. The van der Waals surface area contributed by atoms with Crippen molar-refractivity contribution in [1.29, 1.82) is 0 Å². The first kappa shape index (κ1) is 23.4. The summed E-state index contributed by atoms with van der Waals surface area (Å²) >= 11 is 6.16. The van der Waals surface area contributed by atoms with Gasteiger partial charge in [-0.05, 0) is 50.1 Å². The van der Waals surface area contributed by atoms with Crippen molar-refractivity contribution in [1.82, 2.24) is 14.9 Å². The third-order valence-corrected chi connectivity index (χ3v) is 6.95. The molecule has 1 unspecified atom stereocenters. The molecule has 3 aromatic rings. The molecule has 1 aromatic heterocycles. The Morgan fingerprint density at radius 3 is 2.51 bits per heavy atom. The van der Waals surface area contributed by atoms with Gasteiger partial charge in [0.25, 0.3) is 5.88 Å². The van der Waals surface area contributed by atoms with Crippen LogP contribution in [0.1, 0.15) is 18.4 Å². The standard InChI is InChI=1S/C27H30ClN5O2/c1-20-7-9-24(10-8-20)35-26-25(29-11-12-30-26)33-13-3-4-21(19-33)27(34)32-16-14-31(15-17-32)23-6-2-5-22(28)18-23/h2,5-12,18,21H,3-4,13-17,19H2,1H3. The fraction of sp³-hybridized carbons (Fsp3) is 0.370. The van der Waals surface area contributed by atoms with E-state index in [0.29, 0.717) is 18.2 Å². The fourth-order valence-corrected chi connectivity index (χ4v) is 5.00. The van der Waals surface area contributed by atoms with Gasteiger partial charge in [0.15, 0.2) is 5.82 Å². The summed E-state index contributed by atoms with van der Waals surface area (Å²) in [6.07, 6.45) is 5.13. The highest BCUT2D eigenvalue weighted by atomic mass is 35.5. The SMILES string of the molecule is Cc1ccc(Oc2nccnc2N2CCCC(C(=O)N3CCN(c4cccc(Cl)c4)CC3)C2)cc1. The number of amides is 1. The topological polar surface area (TPSA) is 61.8 Å². The number of hydrogen-bond acceptors (Lipinski definition) is 6. The minimum Gasteiger partial charge on any atom is -0.436 e. The van der Waals surface area contributed by atoms with Gasteiger partial charge < -0.3 is 19.4 Å². The average Bonchev–Trinajstić information content (AvgIpc) is 2.90. The Morgan fingerprint density at radius 1 is 0.971 bits per heavy atom. The highest BCUT2D eigenvalue weighted by Gasteiger charge is 2.32. The molecule has 0 radical (unpaired) electrons. The second kappa shape index (κ2) is 10.5. The van der Waals surface area contributed by atoms with Crippen LogP contribution in [-0.2, 0) is 4.79 Å². The molecule has 2 fully saturated rings. The molecule has 1 atom stereocenters. The van der Waals surface area contributed by atoms with Gasteiger partial charge in [0.1, 0.15) is 5.75 Å². The van der Waals surface area contributed by atoms with Crippen LogP contribution in [0.25, 0.3) is 0 Å². The van der Waals surface area contributed by atoms with Crippen LogP contribution in [0.4, 0.5) is 11.5 Å². The molecular formula is C27H30ClN5O2. The Morgan fingerprint density at radius 2 is 1.74 bits per heavy atom. The zero-order chi connectivity index (χ0) is 24.2. The van der Waals surface area contributed by atoms with E-state index in [1.165, 1.54) is 5.56 Å². The monoisotopic (exact) mass is 491 g/mol. The van der Waals surface area contributed by atoms with Gasteiger partial charge in [0, 0.05) is 62.4 Å². The van der Waals surface area contributed by atoms with E-state index < -0.39 is 0 Å². The number of carbonyl (C=O) groups excluding carboxylic acids is 1. The first-order valence-electron chi connectivity index (χ1n) is 12.2. The molecular weight excluding hydrogens is 462 g/mol. The number of benzene rings is 2. The maximum Gasteiger partial charge on any atom is 0.263 e. The smallest absolute Gasteiger partial charge is 0.263 e. The van der Waals surface area contributed by atoms with Crippen molar-refractivity contribution in [2.45, 2.75) is 19.8 Å². The molecule has 2 saturated heterocycles. The van der Waals surface area contributed by atoms with Gasteiger partial charge in [-0.3, -0.25) is 4.79 Å². The molecule has 0 N–H and O–H groups in total. The first-order chi connectivity index (χ1) is 17.1. The van der Waals surface area contributed by atoms with Gasteiger partial charge in [-0.2, -0.15) is 0 Å². The zero-order valence-corrected chi connectivity index (χ0v) is 20.7. The Bertz CT molecular complexity index is 1160. The van der Waals surface area contributed by atoms with E-state index in [1.807, 2.05) is 54.3 Å². The molecule has 35 heavy (non-hydrogen) atoms. The highest BCUT2D eigenvalue weighted by Crippen LogP contribution is 2.32. The third-order valence-electron chi connectivity index (χ3n) is 6.72. The molecule has 0 bridgehead atoms. The van der Waals surface area contributed by atoms with Crippen LogP contribution in [0.2, 0.25) is 5.02 Å². The maximum absolute atomic E-state index is 13.4. The number of piperidine rings is 1. The van der Waals surface area contributed by atoms with E-state index in [4.69, 9.17) is 16.3 Å². The molecule has 2 aromatic carbocycles. The maximum atomic E-state index is 13.4. The quantitative estimate of drug-likeness (QED) is 0.511. The van der Waals surface area contributed by atoms with Crippen LogP contribution in [0.15, 0.2) is 60.9 Å². The van der Waals surface area contributed by atoms with Gasteiger partial charge >= 0.3 is 0 Å². The summed E-state index contributed by atoms with van der Waals surface area (Å²) in [6, 6.07) is 15.8. The predicted molar refractivity (Wildman–Crippen MR) is 138 cm³/mol. The third kappa shape index (κ3) is 5.51. The second-order valence-corrected chi connectivity index (χ2v) is 9.61. The van der Waals surface area contributed by atoms with Crippen molar-refractivity contribution in [3.63, 3.8) is 0 Å². The summed E-state index contributed by atoms with van der Waals surface area (Å²) in [5.41, 5.74) is 2.28. The van der Waals surface area contributed by atoms with Crippen molar-refractivity contribution in [3.8, 4) is 11.6 Å². The van der Waals surface area contributed by atoms with E-state index in [9.17, 15) is 4.79 Å². The van der Waals surface area contributed by atoms with E-state index in [1.54, 1.807) is 12.4 Å². The van der Waals surface area contributed by atoms with Crippen molar-refractivity contribution in [3.05, 3.63) is 71.5 Å². The number of hydrogen-bond donors (Lipinski definition) is 0. The number of piperazine rings is 1. The Labute approximate surface area is 211 Å². The number of anilines is 2. The number of rotatable bonds is 5. The van der Waals surface area contributed by atoms with Crippen LogP contribution in [-0.4, -0.2) is 60.0 Å². The summed E-state index contributed by atoms with van der Waals surface area (Å²) in [7, 11) is 0. The van der Waals surface area contributed by atoms with Crippen molar-refractivity contribution in [2.75, 3.05) is 49.1 Å². The first-order valence-corrected chi connectivity index (χ1v) is 12.5. The number of ether oxygens (including phenoxy) is 1. The summed E-state index contributed by atoms with van der Waals surface area (Å²) in [4.78, 5) is 28.9. The van der Waals surface area contributed by atoms with Gasteiger partial charge in [0.05, 0.1) is 5.92 Å². The van der Waals surface area contributed by atoms with Crippen LogP contribution < -0.4 is 14.5 Å². The lowest BCUT2D eigenvalue weighted by Gasteiger charge is -2.40. The number of carbonyl (C=O) groups is 1. The van der Waals surface area contributed by atoms with E-state index in [0.717, 1.165) is 62.0 Å². The van der Waals surface area contributed by atoms with Gasteiger partial charge in [-0.1, -0.05) is 35.4 Å². The van der Waals surface area contributed by atoms with Crippen molar-refractivity contribution < 1.29 is 9.53 Å². The van der Waals surface area contributed by atoms with Crippen LogP contribution in [0.5, 0.6) is 11.6 Å². The van der Waals surface area contributed by atoms with Gasteiger partial charge in [0.2, 0.25) is 5.91 Å². The van der Waals surface area contributed by atoms with Crippen LogP contribution in [0.3, 0.4) is 0 Å². The number of halogens is 1.